The van der Waals surface area contributed by atoms with Crippen molar-refractivity contribution in [1.29, 1.82) is 0 Å². The summed E-state index contributed by atoms with van der Waals surface area (Å²) in [5, 5.41) is 0. The third kappa shape index (κ3) is 11.5. The van der Waals surface area contributed by atoms with Crippen molar-refractivity contribution in [3.05, 3.63) is 122 Å². The third-order valence-corrected chi connectivity index (χ3v) is 13.7. The van der Waals surface area contributed by atoms with Crippen molar-refractivity contribution in [2.75, 3.05) is 28.4 Å². The zero-order valence-electron chi connectivity index (χ0n) is 39.3. The van der Waals surface area contributed by atoms with Crippen LogP contribution >= 0.6 is 22.6 Å². The molecule has 7 rings (SSSR count). The number of halogens is 3. The SMILES string of the molecule is CC1(C)CCCC=C1B1OC(C)(C)C(C)(C)O1.COC(=O)c1ccc(-c2cc(OC)ccc2F)c(C2=CCCCC2(C)C)c1.COC(=O)c1ccc(-c2cc(OC)ccc2F)c(I)c1. The van der Waals surface area contributed by atoms with Crippen molar-refractivity contribution < 1.29 is 46.6 Å². The molecule has 0 saturated carbocycles. The highest BCUT2D eigenvalue weighted by atomic mass is 127. The van der Waals surface area contributed by atoms with E-state index in [1.807, 2.05) is 6.07 Å². The van der Waals surface area contributed by atoms with Gasteiger partial charge in [-0.05, 0) is 188 Å². The van der Waals surface area contributed by atoms with Crippen molar-refractivity contribution >= 4 is 47.2 Å². The van der Waals surface area contributed by atoms with Gasteiger partial charge in [0.2, 0.25) is 0 Å². The molecule has 0 amide bonds. The summed E-state index contributed by atoms with van der Waals surface area (Å²) in [4.78, 5) is 23.6. The van der Waals surface area contributed by atoms with Gasteiger partial charge in [-0.2, -0.15) is 0 Å². The molecular weight excluding hydrogens is 928 g/mol. The zero-order valence-corrected chi connectivity index (χ0v) is 41.5. The smallest absolute Gasteiger partial charge is 0.490 e. The van der Waals surface area contributed by atoms with Crippen LogP contribution in [-0.2, 0) is 18.8 Å². The van der Waals surface area contributed by atoms with E-state index in [4.69, 9.17) is 23.5 Å². The Morgan fingerprint density at radius 3 is 1.52 bits per heavy atom. The van der Waals surface area contributed by atoms with Crippen LogP contribution in [0.4, 0.5) is 8.78 Å². The van der Waals surface area contributed by atoms with Crippen LogP contribution < -0.4 is 9.47 Å². The van der Waals surface area contributed by atoms with Gasteiger partial charge in [-0.25, -0.2) is 18.4 Å². The van der Waals surface area contributed by atoms with Crippen LogP contribution in [0.5, 0.6) is 11.5 Å². The highest BCUT2D eigenvalue weighted by molar-refractivity contribution is 14.1. The summed E-state index contributed by atoms with van der Waals surface area (Å²) in [6, 6.07) is 19.5. The Bertz CT molecular complexity index is 2390. The Morgan fingerprint density at radius 1 is 0.578 bits per heavy atom. The molecule has 1 heterocycles. The lowest BCUT2D eigenvalue weighted by Gasteiger charge is -2.33. The van der Waals surface area contributed by atoms with Gasteiger partial charge in [0.05, 0.1) is 50.8 Å². The molecule has 3 aliphatic rings. The van der Waals surface area contributed by atoms with Gasteiger partial charge in [0.25, 0.3) is 0 Å². The maximum Gasteiger partial charge on any atom is 0.490 e. The molecule has 1 aliphatic heterocycles. The Labute approximate surface area is 392 Å². The topological polar surface area (TPSA) is 89.5 Å². The lowest BCUT2D eigenvalue weighted by Crippen LogP contribution is -2.41. The maximum atomic E-state index is 14.7. The van der Waals surface area contributed by atoms with E-state index in [-0.39, 0.29) is 40.8 Å². The summed E-state index contributed by atoms with van der Waals surface area (Å²) in [7, 11) is 5.62. The molecule has 0 atom stereocenters. The molecule has 0 N–H and O–H groups in total. The van der Waals surface area contributed by atoms with Gasteiger partial charge in [0.15, 0.2) is 0 Å². The molecule has 64 heavy (non-hydrogen) atoms. The van der Waals surface area contributed by atoms with Crippen LogP contribution in [0.15, 0.2) is 90.4 Å². The second kappa shape index (κ2) is 20.8. The van der Waals surface area contributed by atoms with E-state index in [0.29, 0.717) is 39.3 Å². The molecule has 1 saturated heterocycles. The first-order valence-corrected chi connectivity index (χ1v) is 22.7. The number of carbonyl (C=O) groups excluding carboxylic acids is 2. The normalized spacial score (nSPS) is 17.9. The molecule has 0 radical (unpaired) electrons. The fraction of sp³-hybridized carbons (Fsp3) is 0.423. The summed E-state index contributed by atoms with van der Waals surface area (Å²) in [6.07, 6.45) is 11.3. The van der Waals surface area contributed by atoms with E-state index in [0.717, 1.165) is 46.0 Å². The Balaban J connectivity index is 0.000000186. The molecule has 342 valence electrons. The predicted molar refractivity (Wildman–Crippen MR) is 260 cm³/mol. The van der Waals surface area contributed by atoms with Crippen LogP contribution in [0.3, 0.4) is 0 Å². The molecule has 0 spiro atoms. The molecule has 12 heteroatoms. The van der Waals surface area contributed by atoms with Gasteiger partial charge in [0.1, 0.15) is 23.1 Å². The molecule has 8 nitrogen and oxygen atoms in total. The first kappa shape index (κ1) is 50.5. The number of hydrogen-bond donors (Lipinski definition) is 0. The standard InChI is InChI=1S/C23H25FO3.C15H12FIO3.C14H25BO2/c1-23(2)12-6-5-7-20(23)18-13-15(22(25)27-4)8-10-17(18)19-14-16(26-3)9-11-21(19)24;1-19-10-4-6-13(16)12(8-10)11-5-3-9(7-14(11)17)15(18)20-2;1-12(2)10-8-7-9-11(12)15-16-13(3,4)14(5,6)17-15/h7-11,13-14H,5-6,12H2,1-4H3;3-8H,1-2H3;9H,7-8,10H2,1-6H3. The molecule has 2 aliphatic carbocycles. The fourth-order valence-electron chi connectivity index (χ4n) is 8.18. The Hall–Kier alpha value is -4.53. The fourth-order valence-corrected chi connectivity index (χ4v) is 8.99. The van der Waals surface area contributed by atoms with Crippen LogP contribution in [0, 0.1) is 26.0 Å². The molecule has 0 aromatic heterocycles. The summed E-state index contributed by atoms with van der Waals surface area (Å²) >= 11 is 2.06. The predicted octanol–water partition coefficient (Wildman–Crippen LogP) is 13.5. The van der Waals surface area contributed by atoms with E-state index in [1.54, 1.807) is 61.7 Å². The van der Waals surface area contributed by atoms with Crippen molar-refractivity contribution in [3.8, 4) is 33.8 Å². The van der Waals surface area contributed by atoms with Crippen molar-refractivity contribution in [2.45, 2.75) is 105 Å². The molecular formula is C52H62BF2IO8. The molecule has 1 fully saturated rings. The first-order chi connectivity index (χ1) is 30.1. The maximum absolute atomic E-state index is 14.7. The van der Waals surface area contributed by atoms with E-state index < -0.39 is 11.9 Å². The minimum Gasteiger partial charge on any atom is -0.497 e. The van der Waals surface area contributed by atoms with Crippen molar-refractivity contribution in [2.24, 2.45) is 10.8 Å². The number of carbonyl (C=O) groups is 2. The van der Waals surface area contributed by atoms with Gasteiger partial charge in [-0.1, -0.05) is 52.0 Å². The monoisotopic (exact) mass is 990 g/mol. The Morgan fingerprint density at radius 2 is 1.05 bits per heavy atom. The van der Waals surface area contributed by atoms with Crippen LogP contribution in [-0.4, -0.2) is 58.7 Å². The lowest BCUT2D eigenvalue weighted by atomic mass is 9.60. The number of benzene rings is 4. The second-order valence-corrected chi connectivity index (χ2v) is 19.7. The van der Waals surface area contributed by atoms with Gasteiger partial charge in [0, 0.05) is 14.7 Å². The van der Waals surface area contributed by atoms with Crippen molar-refractivity contribution in [3.63, 3.8) is 0 Å². The van der Waals surface area contributed by atoms with E-state index >= 15 is 0 Å². The number of methoxy groups -OCH3 is 4. The summed E-state index contributed by atoms with van der Waals surface area (Å²) in [5.41, 5.74) is 6.27. The van der Waals surface area contributed by atoms with E-state index in [9.17, 15) is 18.4 Å². The highest BCUT2D eigenvalue weighted by Gasteiger charge is 2.54. The lowest BCUT2D eigenvalue weighted by molar-refractivity contribution is 0.00578. The van der Waals surface area contributed by atoms with Crippen molar-refractivity contribution in [1.82, 2.24) is 0 Å². The number of allylic oxidation sites excluding steroid dienone is 4. The minimum atomic E-state index is -0.416. The molecule has 4 aromatic carbocycles. The minimum absolute atomic E-state index is 0.0584. The summed E-state index contributed by atoms with van der Waals surface area (Å²) in [6.45, 7) is 17.4. The summed E-state index contributed by atoms with van der Waals surface area (Å²) in [5.74, 6) is -0.309. The number of esters is 2. The average Bonchev–Trinajstić information content (AvgIpc) is 3.48. The van der Waals surface area contributed by atoms with Gasteiger partial charge < -0.3 is 28.3 Å². The molecule has 0 unspecified atom stereocenters. The van der Waals surface area contributed by atoms with Crippen LogP contribution in [0.1, 0.15) is 120 Å². The van der Waals surface area contributed by atoms with E-state index in [2.05, 4.69) is 94.9 Å². The number of ether oxygens (including phenoxy) is 4. The largest absolute Gasteiger partial charge is 0.497 e. The van der Waals surface area contributed by atoms with Crippen LogP contribution in [0.25, 0.3) is 27.8 Å². The highest BCUT2D eigenvalue weighted by Crippen LogP contribution is 2.47. The third-order valence-electron chi connectivity index (χ3n) is 12.8. The van der Waals surface area contributed by atoms with E-state index in [1.165, 1.54) is 51.8 Å². The molecule has 0 bridgehead atoms. The van der Waals surface area contributed by atoms with Gasteiger partial charge in [-0.15, -0.1) is 0 Å². The number of hydrogen-bond acceptors (Lipinski definition) is 8. The quantitative estimate of drug-likeness (QED) is 0.0980. The molecule has 4 aromatic rings. The second-order valence-electron chi connectivity index (χ2n) is 18.5. The van der Waals surface area contributed by atoms with Crippen LogP contribution in [0.2, 0.25) is 0 Å². The van der Waals surface area contributed by atoms with Gasteiger partial charge in [-0.3, -0.25) is 0 Å². The van der Waals surface area contributed by atoms with Gasteiger partial charge >= 0.3 is 19.1 Å². The summed E-state index contributed by atoms with van der Waals surface area (Å²) < 4.78 is 61.6. The number of rotatable bonds is 8. The Kier molecular flexibility index (Phi) is 16.4. The average molecular weight is 991 g/mol. The zero-order chi connectivity index (χ0) is 47.2. The first-order valence-electron chi connectivity index (χ1n) is 21.6.